The molecule has 10 nitrogen and oxygen atoms in total. The third-order valence-corrected chi connectivity index (χ3v) is 7.60. The minimum absolute atomic E-state index is 0.0560. The van der Waals surface area contributed by atoms with Crippen LogP contribution in [0, 0.1) is 0 Å². The van der Waals surface area contributed by atoms with Crippen LogP contribution in [0.1, 0.15) is 24.4 Å². The number of carbonyl (C=O) groups excluding carboxylic acids is 4. The average molecular weight is 563 g/mol. The molecule has 0 bridgehead atoms. The van der Waals surface area contributed by atoms with Gasteiger partial charge in [-0.2, -0.15) is 0 Å². The second-order valence-corrected chi connectivity index (χ2v) is 10.6. The van der Waals surface area contributed by atoms with Crippen molar-refractivity contribution in [2.75, 3.05) is 13.1 Å². The highest BCUT2D eigenvalue weighted by Gasteiger charge is 2.33. The highest BCUT2D eigenvalue weighted by atomic mass is 32.2. The third-order valence-electron chi connectivity index (χ3n) is 4.85. The predicted molar refractivity (Wildman–Crippen MR) is 143 cm³/mol. The van der Waals surface area contributed by atoms with E-state index in [9.17, 15) is 19.2 Å². The van der Waals surface area contributed by atoms with Gasteiger partial charge in [-0.15, -0.1) is 0 Å². The summed E-state index contributed by atoms with van der Waals surface area (Å²) in [4.78, 5) is 52.9. The van der Waals surface area contributed by atoms with Gasteiger partial charge in [0.1, 0.15) is 20.2 Å². The molecule has 2 N–H and O–H groups in total. The molecule has 0 atom stereocenters. The predicted octanol–water partition coefficient (Wildman–Crippen LogP) is 2.90. The summed E-state index contributed by atoms with van der Waals surface area (Å²) in [5.41, 5.74) is 4.60. The molecule has 2 aliphatic rings. The zero-order chi connectivity index (χ0) is 25.7. The van der Waals surface area contributed by atoms with Gasteiger partial charge in [-0.25, -0.2) is 0 Å². The quantitative estimate of drug-likeness (QED) is 0.282. The van der Waals surface area contributed by atoms with Crippen molar-refractivity contribution in [1.29, 1.82) is 0 Å². The molecule has 4 rings (SSSR count). The van der Waals surface area contributed by atoms with Gasteiger partial charge in [0.15, 0.2) is 0 Å². The van der Waals surface area contributed by atoms with E-state index in [4.69, 9.17) is 33.3 Å². The van der Waals surface area contributed by atoms with E-state index in [1.165, 1.54) is 22.3 Å². The molecular formula is C22H18N4O6S4. The Balaban J connectivity index is 1.19. The van der Waals surface area contributed by atoms with E-state index in [2.05, 4.69) is 10.9 Å². The lowest BCUT2D eigenvalue weighted by molar-refractivity contribution is -0.130. The van der Waals surface area contributed by atoms with E-state index in [0.29, 0.717) is 30.0 Å². The molecule has 2 aliphatic heterocycles. The lowest BCUT2D eigenvalue weighted by Crippen LogP contribution is -2.44. The van der Waals surface area contributed by atoms with Gasteiger partial charge in [0.2, 0.25) is 11.8 Å². The van der Waals surface area contributed by atoms with Crippen LogP contribution in [0.3, 0.4) is 0 Å². The van der Waals surface area contributed by atoms with Crippen LogP contribution in [0.25, 0.3) is 12.2 Å². The van der Waals surface area contributed by atoms with E-state index in [1.54, 1.807) is 36.4 Å². The SMILES string of the molecule is O=C(CCN1C(=O)C(=Cc2ccco2)SC1=S)NNC(=O)CCN1C(=O)C(=Cc2ccco2)SC1=S. The van der Waals surface area contributed by atoms with E-state index in [-0.39, 0.29) is 37.7 Å². The van der Waals surface area contributed by atoms with E-state index < -0.39 is 11.8 Å². The van der Waals surface area contributed by atoms with Crippen LogP contribution in [0.4, 0.5) is 0 Å². The molecule has 0 unspecified atom stereocenters. The second-order valence-electron chi connectivity index (χ2n) is 7.29. The Morgan fingerprint density at radius 3 is 1.58 bits per heavy atom. The normalized spacial score (nSPS) is 18.1. The van der Waals surface area contributed by atoms with Gasteiger partial charge in [0.05, 0.1) is 22.3 Å². The Bertz CT molecular complexity index is 1170. The van der Waals surface area contributed by atoms with Crippen molar-refractivity contribution in [1.82, 2.24) is 20.7 Å². The van der Waals surface area contributed by atoms with Gasteiger partial charge in [0, 0.05) is 38.1 Å². The molecular weight excluding hydrogens is 545 g/mol. The number of nitrogens with one attached hydrogen (secondary N) is 2. The van der Waals surface area contributed by atoms with Crippen LogP contribution in [-0.2, 0) is 19.2 Å². The largest absolute Gasteiger partial charge is 0.465 e. The summed E-state index contributed by atoms with van der Waals surface area (Å²) >= 11 is 12.7. The summed E-state index contributed by atoms with van der Waals surface area (Å²) in [6, 6.07) is 6.84. The van der Waals surface area contributed by atoms with Crippen LogP contribution < -0.4 is 10.9 Å². The maximum atomic E-state index is 12.5. The minimum atomic E-state index is -0.501. The van der Waals surface area contributed by atoms with Crippen molar-refractivity contribution in [3.8, 4) is 0 Å². The molecule has 4 amide bonds. The summed E-state index contributed by atoms with van der Waals surface area (Å²) in [5.74, 6) is -0.587. The molecule has 0 spiro atoms. The van der Waals surface area contributed by atoms with E-state index in [1.807, 2.05) is 0 Å². The van der Waals surface area contributed by atoms with Gasteiger partial charge in [-0.1, -0.05) is 48.0 Å². The first kappa shape index (κ1) is 25.9. The number of nitrogens with zero attached hydrogens (tertiary/aromatic N) is 2. The van der Waals surface area contributed by atoms with Crippen molar-refractivity contribution in [2.24, 2.45) is 0 Å². The highest BCUT2D eigenvalue weighted by Crippen LogP contribution is 2.33. The van der Waals surface area contributed by atoms with Crippen molar-refractivity contribution in [3.05, 3.63) is 58.1 Å². The first-order chi connectivity index (χ1) is 17.3. The minimum Gasteiger partial charge on any atom is -0.465 e. The third kappa shape index (κ3) is 6.32. The monoisotopic (exact) mass is 562 g/mol. The molecule has 2 saturated heterocycles. The highest BCUT2D eigenvalue weighted by molar-refractivity contribution is 8.27. The number of carbonyl (C=O) groups is 4. The Kier molecular flexibility index (Phi) is 8.40. The Morgan fingerprint density at radius 1 is 0.806 bits per heavy atom. The number of rotatable bonds is 8. The lowest BCUT2D eigenvalue weighted by Gasteiger charge is -2.15. The second kappa shape index (κ2) is 11.7. The maximum absolute atomic E-state index is 12.5. The number of thiocarbonyl (C=S) groups is 2. The zero-order valence-corrected chi connectivity index (χ0v) is 21.7. The Hall–Kier alpha value is -3.20. The molecule has 2 aromatic rings. The fourth-order valence-corrected chi connectivity index (χ4v) is 5.66. The maximum Gasteiger partial charge on any atom is 0.266 e. The van der Waals surface area contributed by atoms with Crippen LogP contribution in [0.5, 0.6) is 0 Å². The van der Waals surface area contributed by atoms with E-state index >= 15 is 0 Å². The number of amides is 4. The van der Waals surface area contributed by atoms with Gasteiger partial charge in [0.25, 0.3) is 11.8 Å². The molecule has 2 aromatic heterocycles. The van der Waals surface area contributed by atoms with Crippen LogP contribution in [-0.4, -0.2) is 55.2 Å². The molecule has 0 aliphatic carbocycles. The Labute approximate surface area is 224 Å². The molecule has 0 aromatic carbocycles. The summed E-state index contributed by atoms with van der Waals surface area (Å²) in [7, 11) is 0. The first-order valence-corrected chi connectivity index (χ1v) is 12.9. The summed E-state index contributed by atoms with van der Waals surface area (Å²) < 4.78 is 11.1. The van der Waals surface area contributed by atoms with Crippen LogP contribution in [0.2, 0.25) is 0 Å². The van der Waals surface area contributed by atoms with Crippen LogP contribution >= 0.6 is 48.0 Å². The van der Waals surface area contributed by atoms with Crippen molar-refractivity contribution >= 4 is 92.4 Å². The van der Waals surface area contributed by atoms with Gasteiger partial charge >= 0.3 is 0 Å². The standard InChI is InChI=1S/C22H18N4O6S4/c27-17(5-7-25-19(29)15(35-21(25)33)11-13-3-1-9-31-13)23-24-18(28)6-8-26-20(30)16(36-22(26)34)12-14-4-2-10-32-14/h1-4,9-12H,5-8H2,(H,23,27)(H,24,28). The number of hydrazine groups is 1. The molecule has 0 radical (unpaired) electrons. The summed E-state index contributed by atoms with van der Waals surface area (Å²) in [5, 5.41) is 0. The van der Waals surface area contributed by atoms with Gasteiger partial charge in [-0.05, 0) is 24.3 Å². The van der Waals surface area contributed by atoms with Gasteiger partial charge < -0.3 is 8.83 Å². The van der Waals surface area contributed by atoms with Crippen LogP contribution in [0.15, 0.2) is 55.4 Å². The zero-order valence-electron chi connectivity index (χ0n) is 18.4. The van der Waals surface area contributed by atoms with E-state index in [0.717, 1.165) is 23.5 Å². The number of hydrogen-bond donors (Lipinski definition) is 2. The number of furan rings is 2. The Morgan fingerprint density at radius 2 is 1.22 bits per heavy atom. The summed E-state index contributed by atoms with van der Waals surface area (Å²) in [6.07, 6.45) is 6.02. The fraction of sp³-hybridized carbons (Fsp3) is 0.182. The fourth-order valence-electron chi connectivity index (χ4n) is 3.08. The average Bonchev–Trinajstić information content (AvgIpc) is 3.63. The smallest absolute Gasteiger partial charge is 0.266 e. The molecule has 0 saturated carbocycles. The topological polar surface area (TPSA) is 125 Å². The first-order valence-electron chi connectivity index (χ1n) is 10.5. The summed E-state index contributed by atoms with van der Waals surface area (Å²) in [6.45, 7) is 0.112. The van der Waals surface area contributed by atoms with Crippen molar-refractivity contribution < 1.29 is 28.0 Å². The molecule has 2 fully saturated rings. The molecule has 14 heteroatoms. The molecule has 36 heavy (non-hydrogen) atoms. The van der Waals surface area contributed by atoms with Crippen molar-refractivity contribution in [3.63, 3.8) is 0 Å². The number of hydrogen-bond acceptors (Lipinski definition) is 10. The van der Waals surface area contributed by atoms with Gasteiger partial charge in [-0.3, -0.25) is 39.8 Å². The molecule has 4 heterocycles. The van der Waals surface area contributed by atoms with Crippen molar-refractivity contribution in [2.45, 2.75) is 12.8 Å². The number of thioether (sulfide) groups is 2. The lowest BCUT2D eigenvalue weighted by atomic mass is 10.3. The molecule has 186 valence electrons.